The van der Waals surface area contributed by atoms with Crippen molar-refractivity contribution >= 4 is 5.97 Å². The zero-order chi connectivity index (χ0) is 16.1. The maximum atomic E-state index is 11.5. The van der Waals surface area contributed by atoms with Crippen LogP contribution in [0.1, 0.15) is 71.6 Å². The van der Waals surface area contributed by atoms with E-state index in [0.717, 1.165) is 44.9 Å². The van der Waals surface area contributed by atoms with Gasteiger partial charge in [0.05, 0.1) is 13.0 Å². The number of fused-ring (bicyclic) bond motifs is 1. The van der Waals surface area contributed by atoms with Crippen LogP contribution < -0.4 is 0 Å². The molecule has 0 aromatic rings. The SMILES string of the molecule is CC12C[C@](C)(CCCCCCCCOO)OOC1CC(=O)O2. The fraction of sp³-hybridized carbons (Fsp3) is 0.938. The highest BCUT2D eigenvalue weighted by Crippen LogP contribution is 2.44. The van der Waals surface area contributed by atoms with Crippen LogP contribution in [0.2, 0.25) is 0 Å². The minimum atomic E-state index is -0.547. The highest BCUT2D eigenvalue weighted by molar-refractivity contribution is 5.73. The molecule has 22 heavy (non-hydrogen) atoms. The summed E-state index contributed by atoms with van der Waals surface area (Å²) in [6.45, 7) is 4.38. The Morgan fingerprint density at radius 3 is 2.59 bits per heavy atom. The van der Waals surface area contributed by atoms with E-state index in [2.05, 4.69) is 4.89 Å². The highest BCUT2D eigenvalue weighted by atomic mass is 17.2. The molecule has 2 fully saturated rings. The van der Waals surface area contributed by atoms with Gasteiger partial charge in [-0.25, -0.2) is 14.7 Å². The van der Waals surface area contributed by atoms with Crippen molar-refractivity contribution in [1.82, 2.24) is 0 Å². The van der Waals surface area contributed by atoms with Crippen molar-refractivity contribution < 1.29 is 29.5 Å². The normalized spacial score (nSPS) is 34.5. The second kappa shape index (κ2) is 7.73. The molecule has 2 aliphatic rings. The number of ether oxygens (including phenoxy) is 1. The van der Waals surface area contributed by atoms with Gasteiger partial charge in [0.25, 0.3) is 0 Å². The standard InChI is InChI=1S/C16H28O6/c1-15(9-7-5-3-4-6-8-10-19-18)12-16(2)13(21-22-15)11-14(17)20-16/h13,18H,3-12H2,1-2H3/t13?,15-,16?/m0/s1. The number of carbonyl (C=O) groups excluding carboxylic acids is 1. The zero-order valence-electron chi connectivity index (χ0n) is 13.6. The average molecular weight is 316 g/mol. The molecule has 6 heteroatoms. The molecule has 0 saturated carbocycles. The van der Waals surface area contributed by atoms with Gasteiger partial charge in [0.1, 0.15) is 17.3 Å². The van der Waals surface area contributed by atoms with Gasteiger partial charge in [-0.2, -0.15) is 0 Å². The number of esters is 1. The van der Waals surface area contributed by atoms with Crippen LogP contribution in [0, 0.1) is 0 Å². The minimum absolute atomic E-state index is 0.202. The molecule has 6 nitrogen and oxygen atoms in total. The van der Waals surface area contributed by atoms with Crippen LogP contribution in [-0.2, 0) is 24.2 Å². The first-order valence-electron chi connectivity index (χ1n) is 8.30. The van der Waals surface area contributed by atoms with Gasteiger partial charge >= 0.3 is 5.97 Å². The number of hydrogen-bond donors (Lipinski definition) is 1. The maximum Gasteiger partial charge on any atom is 0.309 e. The predicted molar refractivity (Wildman–Crippen MR) is 79.0 cm³/mol. The van der Waals surface area contributed by atoms with Gasteiger partial charge in [0.15, 0.2) is 0 Å². The summed E-state index contributed by atoms with van der Waals surface area (Å²) in [5, 5.41) is 8.22. The number of unbranched alkanes of at least 4 members (excludes halogenated alkanes) is 5. The third kappa shape index (κ3) is 4.65. The maximum absolute atomic E-state index is 11.5. The van der Waals surface area contributed by atoms with E-state index < -0.39 is 5.60 Å². The first kappa shape index (κ1) is 17.7. The van der Waals surface area contributed by atoms with E-state index in [1.165, 1.54) is 0 Å². The van der Waals surface area contributed by atoms with Crippen molar-refractivity contribution in [2.24, 2.45) is 0 Å². The molecule has 0 aliphatic carbocycles. The van der Waals surface area contributed by atoms with Crippen LogP contribution in [0.25, 0.3) is 0 Å². The third-order valence-electron chi connectivity index (χ3n) is 4.66. The molecule has 1 N–H and O–H groups in total. The molecular formula is C16H28O6. The topological polar surface area (TPSA) is 74.2 Å². The molecule has 0 radical (unpaired) electrons. The summed E-state index contributed by atoms with van der Waals surface area (Å²) in [7, 11) is 0. The quantitative estimate of drug-likeness (QED) is 0.304. The Morgan fingerprint density at radius 2 is 1.86 bits per heavy atom. The lowest BCUT2D eigenvalue weighted by Crippen LogP contribution is -2.51. The Labute approximate surface area is 131 Å². The second-order valence-corrected chi connectivity index (χ2v) is 6.99. The van der Waals surface area contributed by atoms with E-state index in [1.807, 2.05) is 13.8 Å². The molecular weight excluding hydrogens is 288 g/mol. The van der Waals surface area contributed by atoms with Gasteiger partial charge in [0, 0.05) is 6.42 Å². The summed E-state index contributed by atoms with van der Waals surface area (Å²) >= 11 is 0. The van der Waals surface area contributed by atoms with Gasteiger partial charge in [-0.05, 0) is 26.7 Å². The molecule has 0 spiro atoms. The average Bonchev–Trinajstić information content (AvgIpc) is 2.74. The molecule has 2 unspecified atom stereocenters. The molecule has 2 rings (SSSR count). The van der Waals surface area contributed by atoms with Crippen molar-refractivity contribution in [3.8, 4) is 0 Å². The lowest BCUT2D eigenvalue weighted by Gasteiger charge is -2.43. The van der Waals surface area contributed by atoms with E-state index >= 15 is 0 Å². The van der Waals surface area contributed by atoms with Crippen LogP contribution in [0.15, 0.2) is 0 Å². The van der Waals surface area contributed by atoms with Crippen LogP contribution >= 0.6 is 0 Å². The lowest BCUT2D eigenvalue weighted by atomic mass is 9.82. The molecule has 128 valence electrons. The van der Waals surface area contributed by atoms with Crippen LogP contribution in [-0.4, -0.2) is 35.1 Å². The summed E-state index contributed by atoms with van der Waals surface area (Å²) in [5.74, 6) is -0.202. The smallest absolute Gasteiger partial charge is 0.309 e. The first-order chi connectivity index (χ1) is 10.5. The van der Waals surface area contributed by atoms with Gasteiger partial charge in [-0.3, -0.25) is 10.1 Å². The van der Waals surface area contributed by atoms with Crippen LogP contribution in [0.3, 0.4) is 0 Å². The van der Waals surface area contributed by atoms with Crippen molar-refractivity contribution in [1.29, 1.82) is 0 Å². The van der Waals surface area contributed by atoms with Gasteiger partial charge in [-0.1, -0.05) is 32.1 Å². The van der Waals surface area contributed by atoms with Crippen LogP contribution in [0.4, 0.5) is 0 Å². The summed E-state index contributed by atoms with van der Waals surface area (Å²) in [5.41, 5.74) is -0.936. The molecule has 2 aliphatic heterocycles. The summed E-state index contributed by atoms with van der Waals surface area (Å²) in [6.07, 6.45) is 8.07. The molecule has 0 bridgehead atoms. The summed E-state index contributed by atoms with van der Waals surface area (Å²) in [4.78, 5) is 26.5. The molecule has 0 amide bonds. The Morgan fingerprint density at radius 1 is 1.18 bits per heavy atom. The Kier molecular flexibility index (Phi) is 6.20. The molecule has 0 aromatic carbocycles. The Hall–Kier alpha value is -0.690. The van der Waals surface area contributed by atoms with Crippen LogP contribution in [0.5, 0.6) is 0 Å². The predicted octanol–water partition coefficient (Wildman–Crippen LogP) is 3.39. The van der Waals surface area contributed by atoms with Crippen molar-refractivity contribution in [3.63, 3.8) is 0 Å². The third-order valence-corrected chi connectivity index (χ3v) is 4.66. The van der Waals surface area contributed by atoms with Crippen molar-refractivity contribution in [3.05, 3.63) is 0 Å². The van der Waals surface area contributed by atoms with E-state index in [4.69, 9.17) is 19.8 Å². The zero-order valence-corrected chi connectivity index (χ0v) is 13.6. The molecule has 0 aromatic heterocycles. The van der Waals surface area contributed by atoms with E-state index in [0.29, 0.717) is 13.0 Å². The first-order valence-corrected chi connectivity index (χ1v) is 8.30. The van der Waals surface area contributed by atoms with E-state index in [1.54, 1.807) is 0 Å². The minimum Gasteiger partial charge on any atom is -0.456 e. The number of rotatable bonds is 9. The second-order valence-electron chi connectivity index (χ2n) is 6.99. The fourth-order valence-corrected chi connectivity index (χ4v) is 3.47. The number of hydrogen-bond acceptors (Lipinski definition) is 6. The summed E-state index contributed by atoms with van der Waals surface area (Å²) < 4.78 is 5.45. The van der Waals surface area contributed by atoms with Gasteiger partial charge in [0.2, 0.25) is 0 Å². The molecule has 3 atom stereocenters. The van der Waals surface area contributed by atoms with E-state index in [9.17, 15) is 4.79 Å². The van der Waals surface area contributed by atoms with Crippen molar-refractivity contribution in [2.75, 3.05) is 6.61 Å². The number of carbonyl (C=O) groups is 1. The molecule has 2 saturated heterocycles. The van der Waals surface area contributed by atoms with Crippen molar-refractivity contribution in [2.45, 2.75) is 88.9 Å². The lowest BCUT2D eigenvalue weighted by molar-refractivity contribution is -0.428. The Bertz CT molecular complexity index is 374. The summed E-state index contributed by atoms with van der Waals surface area (Å²) in [6, 6.07) is 0. The van der Waals surface area contributed by atoms with Gasteiger partial charge < -0.3 is 4.74 Å². The Balaban J connectivity index is 1.64. The van der Waals surface area contributed by atoms with E-state index in [-0.39, 0.29) is 24.1 Å². The monoisotopic (exact) mass is 316 g/mol. The largest absolute Gasteiger partial charge is 0.456 e. The van der Waals surface area contributed by atoms with Gasteiger partial charge in [-0.15, -0.1) is 0 Å². The fourth-order valence-electron chi connectivity index (χ4n) is 3.47. The molecule has 2 heterocycles. The highest BCUT2D eigenvalue weighted by Gasteiger charge is 2.55.